The molecule has 0 saturated heterocycles. The maximum atomic E-state index is 5.44. The van der Waals surface area contributed by atoms with Gasteiger partial charge in [0.15, 0.2) is 11.5 Å². The standard InChI is InChI=1S/C25H26N2O2.2ClH/c1-28-24-9-8-20(15-25(24)29-2)22-12-18(16-26-17-22)13-23-14-21(10-11-27-23)19-6-4-3-5-7-19;;/h3-10,12,15-17,23,27H,11,13-14H2,1-2H3;2*1H. The van der Waals surface area contributed by atoms with Crippen molar-refractivity contribution in [1.29, 1.82) is 0 Å². The third-order valence-corrected chi connectivity index (χ3v) is 5.36. The largest absolute Gasteiger partial charge is 0.493 e. The van der Waals surface area contributed by atoms with Gasteiger partial charge >= 0.3 is 0 Å². The van der Waals surface area contributed by atoms with Crippen LogP contribution in [0.1, 0.15) is 17.5 Å². The highest BCUT2D eigenvalue weighted by molar-refractivity contribution is 5.85. The second kappa shape index (κ2) is 11.8. The van der Waals surface area contributed by atoms with E-state index >= 15 is 0 Å². The van der Waals surface area contributed by atoms with E-state index in [1.54, 1.807) is 14.2 Å². The number of hydrogen-bond acceptors (Lipinski definition) is 4. The Hall–Kier alpha value is -2.53. The second-order valence-electron chi connectivity index (χ2n) is 7.26. The van der Waals surface area contributed by atoms with E-state index in [0.29, 0.717) is 6.04 Å². The first-order valence-electron chi connectivity index (χ1n) is 9.91. The maximum Gasteiger partial charge on any atom is 0.161 e. The molecule has 0 fully saturated rings. The van der Waals surface area contributed by atoms with Crippen molar-refractivity contribution in [3.63, 3.8) is 0 Å². The second-order valence-corrected chi connectivity index (χ2v) is 7.26. The molecule has 0 bridgehead atoms. The lowest BCUT2D eigenvalue weighted by Crippen LogP contribution is -2.34. The zero-order chi connectivity index (χ0) is 20.1. The van der Waals surface area contributed by atoms with Gasteiger partial charge in [0.1, 0.15) is 0 Å². The molecule has 6 heteroatoms. The van der Waals surface area contributed by atoms with Gasteiger partial charge in [-0.3, -0.25) is 4.98 Å². The fraction of sp³-hybridized carbons (Fsp3) is 0.240. The van der Waals surface area contributed by atoms with Gasteiger partial charge in [0.25, 0.3) is 0 Å². The van der Waals surface area contributed by atoms with Crippen molar-refractivity contribution in [2.45, 2.75) is 18.9 Å². The molecule has 2 aromatic carbocycles. The summed E-state index contributed by atoms with van der Waals surface area (Å²) < 4.78 is 10.8. The normalized spacial score (nSPS) is 15.2. The number of hydrogen-bond donors (Lipinski definition) is 1. The maximum absolute atomic E-state index is 5.44. The van der Waals surface area contributed by atoms with Gasteiger partial charge in [0.05, 0.1) is 14.2 Å². The average Bonchev–Trinajstić information content (AvgIpc) is 2.79. The summed E-state index contributed by atoms with van der Waals surface area (Å²) in [6, 6.07) is 19.2. The van der Waals surface area contributed by atoms with Crippen LogP contribution in [0.5, 0.6) is 11.5 Å². The third kappa shape index (κ3) is 6.01. The van der Waals surface area contributed by atoms with Crippen molar-refractivity contribution in [1.82, 2.24) is 10.3 Å². The van der Waals surface area contributed by atoms with Gasteiger partial charge < -0.3 is 14.8 Å². The van der Waals surface area contributed by atoms with Crippen LogP contribution in [0.4, 0.5) is 0 Å². The summed E-state index contributed by atoms with van der Waals surface area (Å²) >= 11 is 0. The first kappa shape index (κ1) is 24.7. The molecule has 0 radical (unpaired) electrons. The van der Waals surface area contributed by atoms with E-state index in [-0.39, 0.29) is 24.8 Å². The van der Waals surface area contributed by atoms with Crippen LogP contribution < -0.4 is 14.8 Å². The van der Waals surface area contributed by atoms with Crippen molar-refractivity contribution >= 4 is 30.4 Å². The first-order chi connectivity index (χ1) is 14.3. The highest BCUT2D eigenvalue weighted by Gasteiger charge is 2.17. The summed E-state index contributed by atoms with van der Waals surface area (Å²) in [5.41, 5.74) is 6.11. The number of ether oxygens (including phenoxy) is 2. The molecule has 3 aromatic rings. The van der Waals surface area contributed by atoms with Gasteiger partial charge in [0.2, 0.25) is 0 Å². The Labute approximate surface area is 196 Å². The molecule has 1 N–H and O–H groups in total. The number of benzene rings is 2. The summed E-state index contributed by atoms with van der Waals surface area (Å²) in [6.07, 6.45) is 8.12. The van der Waals surface area contributed by atoms with Crippen LogP contribution in [0.15, 0.2) is 73.1 Å². The van der Waals surface area contributed by atoms with E-state index in [9.17, 15) is 0 Å². The minimum Gasteiger partial charge on any atom is -0.493 e. The Morgan fingerprint density at radius 2 is 1.65 bits per heavy atom. The lowest BCUT2D eigenvalue weighted by Gasteiger charge is -2.25. The van der Waals surface area contributed by atoms with E-state index in [1.165, 1.54) is 16.7 Å². The molecule has 0 aliphatic carbocycles. The Kier molecular flexibility index (Phi) is 9.38. The van der Waals surface area contributed by atoms with Gasteiger partial charge in [0, 0.05) is 30.5 Å². The van der Waals surface area contributed by atoms with Crippen molar-refractivity contribution in [2.24, 2.45) is 0 Å². The molecule has 31 heavy (non-hydrogen) atoms. The van der Waals surface area contributed by atoms with Gasteiger partial charge in [-0.05, 0) is 53.3 Å². The van der Waals surface area contributed by atoms with Crippen LogP contribution in [0, 0.1) is 0 Å². The molecular formula is C25H28Cl2N2O2. The van der Waals surface area contributed by atoms with Gasteiger partial charge in [-0.15, -0.1) is 24.8 Å². The van der Waals surface area contributed by atoms with Gasteiger partial charge in [-0.2, -0.15) is 0 Å². The van der Waals surface area contributed by atoms with E-state index in [4.69, 9.17) is 9.47 Å². The molecule has 1 aliphatic heterocycles. The number of nitrogens with one attached hydrogen (secondary N) is 1. The molecule has 164 valence electrons. The first-order valence-corrected chi connectivity index (χ1v) is 9.91. The summed E-state index contributed by atoms with van der Waals surface area (Å²) in [4.78, 5) is 4.49. The van der Waals surface area contributed by atoms with Crippen molar-refractivity contribution in [3.8, 4) is 22.6 Å². The topological polar surface area (TPSA) is 43.4 Å². The van der Waals surface area contributed by atoms with Crippen molar-refractivity contribution in [3.05, 3.63) is 84.2 Å². The number of pyridine rings is 1. The van der Waals surface area contributed by atoms with E-state index < -0.39 is 0 Å². The Morgan fingerprint density at radius 1 is 0.871 bits per heavy atom. The van der Waals surface area contributed by atoms with Crippen LogP contribution in [0.2, 0.25) is 0 Å². The predicted octanol–water partition coefficient (Wildman–Crippen LogP) is 5.60. The highest BCUT2D eigenvalue weighted by Crippen LogP contribution is 2.32. The minimum atomic E-state index is 0. The number of halogens is 2. The molecule has 1 aromatic heterocycles. The van der Waals surface area contributed by atoms with Crippen LogP contribution in [-0.4, -0.2) is 31.8 Å². The number of methoxy groups -OCH3 is 2. The molecule has 2 heterocycles. The van der Waals surface area contributed by atoms with E-state index in [1.807, 2.05) is 30.6 Å². The molecule has 1 atom stereocenters. The van der Waals surface area contributed by atoms with Crippen LogP contribution in [-0.2, 0) is 6.42 Å². The molecule has 0 amide bonds. The highest BCUT2D eigenvalue weighted by atomic mass is 35.5. The van der Waals surface area contributed by atoms with Crippen LogP contribution in [0.3, 0.4) is 0 Å². The molecule has 1 unspecified atom stereocenters. The molecule has 0 spiro atoms. The fourth-order valence-corrected chi connectivity index (χ4v) is 3.86. The monoisotopic (exact) mass is 458 g/mol. The molecule has 0 saturated carbocycles. The summed E-state index contributed by atoms with van der Waals surface area (Å²) in [5, 5.41) is 3.62. The Bertz CT molecular complexity index is 1010. The summed E-state index contributed by atoms with van der Waals surface area (Å²) in [7, 11) is 3.30. The summed E-state index contributed by atoms with van der Waals surface area (Å²) in [6.45, 7) is 0.900. The average molecular weight is 459 g/mol. The number of rotatable bonds is 6. The van der Waals surface area contributed by atoms with E-state index in [2.05, 4.69) is 52.8 Å². The Morgan fingerprint density at radius 3 is 2.39 bits per heavy atom. The molecular weight excluding hydrogens is 431 g/mol. The quantitative estimate of drug-likeness (QED) is 0.522. The van der Waals surface area contributed by atoms with Crippen molar-refractivity contribution in [2.75, 3.05) is 20.8 Å². The zero-order valence-corrected chi connectivity index (χ0v) is 19.3. The van der Waals surface area contributed by atoms with Gasteiger partial charge in [-0.25, -0.2) is 0 Å². The van der Waals surface area contributed by atoms with Crippen LogP contribution in [0.25, 0.3) is 16.7 Å². The smallest absolute Gasteiger partial charge is 0.161 e. The molecule has 1 aliphatic rings. The van der Waals surface area contributed by atoms with Crippen LogP contribution >= 0.6 is 24.8 Å². The number of nitrogens with zero attached hydrogens (tertiary/aromatic N) is 1. The fourth-order valence-electron chi connectivity index (χ4n) is 3.86. The Balaban J connectivity index is 0.00000171. The molecule has 4 rings (SSSR count). The molecule has 4 nitrogen and oxygen atoms in total. The zero-order valence-electron chi connectivity index (χ0n) is 17.7. The lowest BCUT2D eigenvalue weighted by atomic mass is 9.92. The lowest BCUT2D eigenvalue weighted by molar-refractivity contribution is 0.355. The van der Waals surface area contributed by atoms with E-state index in [0.717, 1.165) is 42.0 Å². The van der Waals surface area contributed by atoms with Crippen molar-refractivity contribution < 1.29 is 9.47 Å². The number of aromatic nitrogens is 1. The predicted molar refractivity (Wildman–Crippen MR) is 132 cm³/mol. The SMILES string of the molecule is COc1ccc(-c2cncc(CC3CC(c4ccccc4)=CCN3)c2)cc1OC.Cl.Cl. The third-order valence-electron chi connectivity index (χ3n) is 5.36. The minimum absolute atomic E-state index is 0. The summed E-state index contributed by atoms with van der Waals surface area (Å²) in [5.74, 6) is 1.45. The van der Waals surface area contributed by atoms with Gasteiger partial charge in [-0.1, -0.05) is 42.5 Å².